The SMILES string of the molecule is COc1ccc(-c2c(C)c3ccc(OC(=O)c4ccccc4C)cc3oc2=O)cc1. The Morgan fingerprint density at radius 3 is 2.30 bits per heavy atom. The van der Waals surface area contributed by atoms with E-state index in [1.807, 2.05) is 38.1 Å². The first kappa shape index (κ1) is 19.5. The number of methoxy groups -OCH3 is 1. The molecule has 0 aliphatic rings. The second-order valence-electron chi connectivity index (χ2n) is 6.98. The molecule has 0 spiro atoms. The van der Waals surface area contributed by atoms with Gasteiger partial charge in [0, 0.05) is 11.5 Å². The zero-order valence-electron chi connectivity index (χ0n) is 16.9. The number of rotatable bonds is 4. The fourth-order valence-electron chi connectivity index (χ4n) is 3.46. The normalized spacial score (nSPS) is 10.8. The van der Waals surface area contributed by atoms with E-state index in [9.17, 15) is 9.59 Å². The van der Waals surface area contributed by atoms with Gasteiger partial charge in [0.05, 0.1) is 18.2 Å². The third-order valence-electron chi connectivity index (χ3n) is 5.09. The molecule has 0 amide bonds. The summed E-state index contributed by atoms with van der Waals surface area (Å²) in [6.07, 6.45) is 0. The van der Waals surface area contributed by atoms with Crippen LogP contribution in [0.4, 0.5) is 0 Å². The number of hydrogen-bond acceptors (Lipinski definition) is 5. The Bertz CT molecular complexity index is 1300. The molecule has 30 heavy (non-hydrogen) atoms. The van der Waals surface area contributed by atoms with Gasteiger partial charge in [-0.1, -0.05) is 30.3 Å². The maximum absolute atomic E-state index is 12.7. The van der Waals surface area contributed by atoms with Crippen LogP contribution in [0, 0.1) is 13.8 Å². The van der Waals surface area contributed by atoms with E-state index in [2.05, 4.69) is 0 Å². The first-order valence-electron chi connectivity index (χ1n) is 9.47. The lowest BCUT2D eigenvalue weighted by molar-refractivity contribution is 0.0734. The van der Waals surface area contributed by atoms with Crippen molar-refractivity contribution >= 4 is 16.9 Å². The summed E-state index contributed by atoms with van der Waals surface area (Å²) >= 11 is 0. The van der Waals surface area contributed by atoms with Crippen LogP contribution < -0.4 is 15.1 Å². The van der Waals surface area contributed by atoms with Gasteiger partial charge in [-0.05, 0) is 60.9 Å². The molecule has 3 aromatic carbocycles. The summed E-state index contributed by atoms with van der Waals surface area (Å²) in [4.78, 5) is 25.2. The average molecular weight is 400 g/mol. The van der Waals surface area contributed by atoms with E-state index in [0.717, 1.165) is 22.1 Å². The number of ether oxygens (including phenoxy) is 2. The van der Waals surface area contributed by atoms with Crippen LogP contribution in [0.25, 0.3) is 22.1 Å². The van der Waals surface area contributed by atoms with Gasteiger partial charge < -0.3 is 13.9 Å². The number of esters is 1. The molecular weight excluding hydrogens is 380 g/mol. The largest absolute Gasteiger partial charge is 0.497 e. The van der Waals surface area contributed by atoms with Crippen molar-refractivity contribution in [3.63, 3.8) is 0 Å². The minimum absolute atomic E-state index is 0.315. The molecule has 0 N–H and O–H groups in total. The third-order valence-corrected chi connectivity index (χ3v) is 5.09. The van der Waals surface area contributed by atoms with Gasteiger partial charge in [-0.3, -0.25) is 0 Å². The van der Waals surface area contributed by atoms with Gasteiger partial charge in [0.1, 0.15) is 17.1 Å². The van der Waals surface area contributed by atoms with Crippen molar-refractivity contribution in [1.29, 1.82) is 0 Å². The van der Waals surface area contributed by atoms with Gasteiger partial charge in [0.15, 0.2) is 0 Å². The van der Waals surface area contributed by atoms with Crippen LogP contribution in [0.1, 0.15) is 21.5 Å². The number of fused-ring (bicyclic) bond motifs is 1. The van der Waals surface area contributed by atoms with Crippen LogP contribution in [-0.4, -0.2) is 13.1 Å². The number of hydrogen-bond donors (Lipinski definition) is 0. The summed E-state index contributed by atoms with van der Waals surface area (Å²) in [5, 5.41) is 0.774. The van der Waals surface area contributed by atoms with Crippen LogP contribution in [0.2, 0.25) is 0 Å². The summed E-state index contributed by atoms with van der Waals surface area (Å²) in [5.41, 5.74) is 3.27. The molecule has 5 nitrogen and oxygen atoms in total. The molecule has 0 saturated heterocycles. The fraction of sp³-hybridized carbons (Fsp3) is 0.120. The Balaban J connectivity index is 1.71. The molecule has 1 aromatic heterocycles. The Labute approximate surface area is 173 Å². The molecule has 0 bridgehead atoms. The highest BCUT2D eigenvalue weighted by molar-refractivity contribution is 5.93. The van der Waals surface area contributed by atoms with Crippen LogP contribution in [0.5, 0.6) is 11.5 Å². The Kier molecular flexibility index (Phi) is 5.11. The van der Waals surface area contributed by atoms with Crippen molar-refractivity contribution in [2.75, 3.05) is 7.11 Å². The summed E-state index contributed by atoms with van der Waals surface area (Å²) < 4.78 is 16.2. The lowest BCUT2D eigenvalue weighted by atomic mass is 9.99. The molecule has 0 aliphatic carbocycles. The van der Waals surface area contributed by atoms with Crippen LogP contribution in [-0.2, 0) is 0 Å². The summed E-state index contributed by atoms with van der Waals surface area (Å²) in [5.74, 6) is 0.568. The van der Waals surface area contributed by atoms with Crippen molar-refractivity contribution in [2.24, 2.45) is 0 Å². The fourth-order valence-corrected chi connectivity index (χ4v) is 3.46. The number of carbonyl (C=O) groups is 1. The lowest BCUT2D eigenvalue weighted by Gasteiger charge is -2.10. The molecule has 0 atom stereocenters. The third kappa shape index (κ3) is 3.57. The first-order chi connectivity index (χ1) is 14.5. The molecule has 1 heterocycles. The lowest BCUT2D eigenvalue weighted by Crippen LogP contribution is -2.10. The summed E-state index contributed by atoms with van der Waals surface area (Å²) in [6.45, 7) is 3.72. The zero-order chi connectivity index (χ0) is 21.3. The highest BCUT2D eigenvalue weighted by Crippen LogP contribution is 2.30. The topological polar surface area (TPSA) is 65.7 Å². The van der Waals surface area contributed by atoms with Crippen LogP contribution in [0.3, 0.4) is 0 Å². The maximum Gasteiger partial charge on any atom is 0.344 e. The van der Waals surface area contributed by atoms with Crippen molar-refractivity contribution < 1.29 is 18.7 Å². The predicted octanol–water partition coefficient (Wildman–Crippen LogP) is 5.30. The summed E-state index contributed by atoms with van der Waals surface area (Å²) in [6, 6.07) is 19.5. The molecular formula is C25H20O5. The van der Waals surface area contributed by atoms with E-state index >= 15 is 0 Å². The van der Waals surface area contributed by atoms with E-state index in [1.165, 1.54) is 0 Å². The number of aryl methyl sites for hydroxylation is 2. The molecule has 4 aromatic rings. The molecule has 150 valence electrons. The monoisotopic (exact) mass is 400 g/mol. The molecule has 4 rings (SSSR count). The van der Waals surface area contributed by atoms with Gasteiger partial charge in [0.2, 0.25) is 0 Å². The predicted molar refractivity (Wildman–Crippen MR) is 115 cm³/mol. The Hall–Kier alpha value is -3.86. The van der Waals surface area contributed by atoms with Crippen molar-refractivity contribution in [2.45, 2.75) is 13.8 Å². The standard InChI is InChI=1S/C25H20O5/c1-15-6-4-5-7-20(15)24(26)29-19-12-13-21-16(2)23(25(27)30-22(21)14-19)17-8-10-18(28-3)11-9-17/h4-14H,1-3H3. The minimum atomic E-state index is -0.457. The quantitative estimate of drug-likeness (QED) is 0.264. The molecule has 0 saturated carbocycles. The molecule has 0 aliphatic heterocycles. The van der Waals surface area contributed by atoms with Gasteiger partial charge in [-0.2, -0.15) is 0 Å². The average Bonchev–Trinajstić information content (AvgIpc) is 2.74. The number of benzene rings is 3. The van der Waals surface area contributed by atoms with E-state index < -0.39 is 11.6 Å². The minimum Gasteiger partial charge on any atom is -0.497 e. The van der Waals surface area contributed by atoms with Gasteiger partial charge in [-0.25, -0.2) is 9.59 Å². The zero-order valence-corrected chi connectivity index (χ0v) is 16.9. The van der Waals surface area contributed by atoms with E-state index in [-0.39, 0.29) is 0 Å². The summed E-state index contributed by atoms with van der Waals surface area (Å²) in [7, 11) is 1.59. The van der Waals surface area contributed by atoms with E-state index in [0.29, 0.717) is 28.2 Å². The Morgan fingerprint density at radius 1 is 0.900 bits per heavy atom. The second kappa shape index (κ2) is 7.87. The van der Waals surface area contributed by atoms with Crippen molar-refractivity contribution in [3.05, 3.63) is 93.8 Å². The highest BCUT2D eigenvalue weighted by Gasteiger charge is 2.16. The molecule has 0 radical (unpaired) electrons. The van der Waals surface area contributed by atoms with Gasteiger partial charge >= 0.3 is 11.6 Å². The van der Waals surface area contributed by atoms with Crippen LogP contribution in [0.15, 0.2) is 75.9 Å². The second-order valence-corrected chi connectivity index (χ2v) is 6.98. The number of carbonyl (C=O) groups excluding carboxylic acids is 1. The highest BCUT2D eigenvalue weighted by atomic mass is 16.5. The Morgan fingerprint density at radius 2 is 1.60 bits per heavy atom. The smallest absolute Gasteiger partial charge is 0.344 e. The molecule has 5 heteroatoms. The van der Waals surface area contributed by atoms with Gasteiger partial charge in [0.25, 0.3) is 0 Å². The van der Waals surface area contributed by atoms with E-state index in [1.54, 1.807) is 49.6 Å². The van der Waals surface area contributed by atoms with Crippen molar-refractivity contribution in [1.82, 2.24) is 0 Å². The molecule has 0 fully saturated rings. The van der Waals surface area contributed by atoms with Crippen molar-refractivity contribution in [3.8, 4) is 22.6 Å². The first-order valence-corrected chi connectivity index (χ1v) is 9.47. The van der Waals surface area contributed by atoms with E-state index in [4.69, 9.17) is 13.9 Å². The van der Waals surface area contributed by atoms with Crippen LogP contribution >= 0.6 is 0 Å². The molecule has 0 unspecified atom stereocenters. The maximum atomic E-state index is 12.7. The van der Waals surface area contributed by atoms with Gasteiger partial charge in [-0.15, -0.1) is 0 Å².